The molecule has 2 aromatic rings. The summed E-state index contributed by atoms with van der Waals surface area (Å²) in [5.41, 5.74) is 7.27. The lowest BCUT2D eigenvalue weighted by molar-refractivity contribution is 0.0961. The number of carbonyl (C=O) groups is 1. The highest BCUT2D eigenvalue weighted by molar-refractivity contribution is 7.89. The van der Waals surface area contributed by atoms with E-state index in [1.54, 1.807) is 6.20 Å². The molecule has 2 rings (SSSR count). The maximum absolute atomic E-state index is 12.0. The maximum atomic E-state index is 12.0. The van der Waals surface area contributed by atoms with Crippen molar-refractivity contribution >= 4 is 43.2 Å². The smallest absolute Gasteiger partial charge is 0.263 e. The molecule has 0 spiro atoms. The van der Waals surface area contributed by atoms with Gasteiger partial charge in [-0.1, -0.05) is 0 Å². The van der Waals surface area contributed by atoms with Crippen molar-refractivity contribution < 1.29 is 13.2 Å². The van der Waals surface area contributed by atoms with Crippen LogP contribution >= 0.6 is 11.3 Å². The standard InChI is InChI=1S/C11H14N4O3S2/c1-6-2-3-15-11-7(6)8(12)9(19-11)10(16)14-4-5-20(13,17)18/h2-3H,4-5,12H2,1H3,(H,14,16)(H2,13,17,18). The normalized spacial score (nSPS) is 11.7. The van der Waals surface area contributed by atoms with E-state index in [-0.39, 0.29) is 12.3 Å². The van der Waals surface area contributed by atoms with Crippen LogP contribution < -0.4 is 16.2 Å². The predicted molar refractivity (Wildman–Crippen MR) is 79.1 cm³/mol. The third-order valence-corrected chi connectivity index (χ3v) is 4.60. The van der Waals surface area contributed by atoms with E-state index in [4.69, 9.17) is 10.9 Å². The van der Waals surface area contributed by atoms with Gasteiger partial charge in [-0.3, -0.25) is 4.79 Å². The Morgan fingerprint density at radius 3 is 2.80 bits per heavy atom. The Morgan fingerprint density at radius 2 is 2.20 bits per heavy atom. The number of nitrogens with one attached hydrogen (secondary N) is 1. The van der Waals surface area contributed by atoms with Crippen molar-refractivity contribution in [3.8, 4) is 0 Å². The van der Waals surface area contributed by atoms with E-state index < -0.39 is 15.9 Å². The summed E-state index contributed by atoms with van der Waals surface area (Å²) in [4.78, 5) is 17.2. The van der Waals surface area contributed by atoms with Crippen molar-refractivity contribution in [3.63, 3.8) is 0 Å². The minimum atomic E-state index is -3.60. The summed E-state index contributed by atoms with van der Waals surface area (Å²) in [5, 5.41) is 8.10. The quantitative estimate of drug-likeness (QED) is 0.743. The van der Waals surface area contributed by atoms with Gasteiger partial charge in [0.15, 0.2) is 0 Å². The highest BCUT2D eigenvalue weighted by Gasteiger charge is 2.18. The molecular weight excluding hydrogens is 300 g/mol. The van der Waals surface area contributed by atoms with E-state index in [1.165, 1.54) is 11.3 Å². The fraction of sp³-hybridized carbons (Fsp3) is 0.273. The van der Waals surface area contributed by atoms with Crippen LogP contribution in [0.5, 0.6) is 0 Å². The lowest BCUT2D eigenvalue weighted by atomic mass is 10.2. The number of nitrogens with two attached hydrogens (primary N) is 2. The molecule has 20 heavy (non-hydrogen) atoms. The molecule has 7 nitrogen and oxygen atoms in total. The van der Waals surface area contributed by atoms with Gasteiger partial charge in [0.2, 0.25) is 10.0 Å². The molecule has 0 aliphatic carbocycles. The predicted octanol–water partition coefficient (Wildman–Crippen LogP) is 0.205. The molecule has 108 valence electrons. The van der Waals surface area contributed by atoms with Crippen LogP contribution in [0.2, 0.25) is 0 Å². The number of carbonyl (C=O) groups excluding carboxylic acids is 1. The number of pyridine rings is 1. The van der Waals surface area contributed by atoms with Crippen LogP contribution in [0.1, 0.15) is 15.2 Å². The number of primary sulfonamides is 1. The van der Waals surface area contributed by atoms with E-state index in [1.807, 2.05) is 13.0 Å². The van der Waals surface area contributed by atoms with Crippen LogP contribution in [0.3, 0.4) is 0 Å². The first-order valence-electron chi connectivity index (χ1n) is 5.72. The second kappa shape index (κ2) is 5.35. The summed E-state index contributed by atoms with van der Waals surface area (Å²) in [5.74, 6) is -0.741. The minimum absolute atomic E-state index is 0.0578. The number of anilines is 1. The van der Waals surface area contributed by atoms with Crippen LogP contribution in [-0.2, 0) is 10.0 Å². The Bertz CT molecular complexity index is 767. The molecule has 1 amide bonds. The molecule has 0 radical (unpaired) electrons. The minimum Gasteiger partial charge on any atom is -0.397 e. The Morgan fingerprint density at radius 1 is 1.50 bits per heavy atom. The number of thiophene rings is 1. The van der Waals surface area contributed by atoms with Crippen LogP contribution in [0.25, 0.3) is 10.2 Å². The Kier molecular flexibility index (Phi) is 3.93. The number of nitrogens with zero attached hydrogens (tertiary/aromatic N) is 1. The number of rotatable bonds is 4. The van der Waals surface area contributed by atoms with Crippen molar-refractivity contribution in [1.82, 2.24) is 10.3 Å². The third kappa shape index (κ3) is 3.06. The lowest BCUT2D eigenvalue weighted by Gasteiger charge is -2.03. The summed E-state index contributed by atoms with van der Waals surface area (Å²) in [7, 11) is -3.60. The summed E-state index contributed by atoms with van der Waals surface area (Å²) < 4.78 is 21.6. The number of sulfonamides is 1. The SMILES string of the molecule is Cc1ccnc2sc(C(=O)NCCS(N)(=O)=O)c(N)c12. The van der Waals surface area contributed by atoms with Gasteiger partial charge in [-0.2, -0.15) is 0 Å². The highest BCUT2D eigenvalue weighted by Crippen LogP contribution is 2.33. The first kappa shape index (κ1) is 14.7. The third-order valence-electron chi connectivity index (χ3n) is 2.72. The van der Waals surface area contributed by atoms with Crippen molar-refractivity contribution in [1.29, 1.82) is 0 Å². The molecule has 0 atom stereocenters. The number of hydrogen-bond donors (Lipinski definition) is 3. The molecule has 0 aliphatic heterocycles. The Labute approximate surface area is 120 Å². The average molecular weight is 314 g/mol. The highest BCUT2D eigenvalue weighted by atomic mass is 32.2. The summed E-state index contributed by atoms with van der Waals surface area (Å²) in [6.07, 6.45) is 1.65. The molecule has 9 heteroatoms. The van der Waals surface area contributed by atoms with Crippen molar-refractivity contribution in [2.45, 2.75) is 6.92 Å². The van der Waals surface area contributed by atoms with Gasteiger partial charge in [0, 0.05) is 18.1 Å². The molecule has 5 N–H and O–H groups in total. The van der Waals surface area contributed by atoms with Gasteiger partial charge >= 0.3 is 0 Å². The van der Waals surface area contributed by atoms with Gasteiger partial charge in [0.05, 0.1) is 11.4 Å². The lowest BCUT2D eigenvalue weighted by Crippen LogP contribution is -2.31. The summed E-state index contributed by atoms with van der Waals surface area (Å²) >= 11 is 1.18. The molecular formula is C11H14N4O3S2. The fourth-order valence-electron chi connectivity index (χ4n) is 1.76. The molecule has 2 aromatic heterocycles. The van der Waals surface area contributed by atoms with Crippen LogP contribution in [0, 0.1) is 6.92 Å². The number of amides is 1. The van der Waals surface area contributed by atoms with Crippen molar-refractivity contribution in [2.75, 3.05) is 18.0 Å². The molecule has 0 bridgehead atoms. The number of aromatic nitrogens is 1. The largest absolute Gasteiger partial charge is 0.397 e. The second-order valence-corrected chi connectivity index (χ2v) is 7.01. The first-order chi connectivity index (χ1) is 9.29. The zero-order valence-corrected chi connectivity index (χ0v) is 12.3. The van der Waals surface area contributed by atoms with E-state index in [2.05, 4.69) is 10.3 Å². The van der Waals surface area contributed by atoms with Gasteiger partial charge in [0.1, 0.15) is 9.71 Å². The Hall–Kier alpha value is -1.71. The van der Waals surface area contributed by atoms with Crippen LogP contribution in [0.15, 0.2) is 12.3 Å². The topological polar surface area (TPSA) is 128 Å². The number of fused-ring (bicyclic) bond motifs is 1. The van der Waals surface area contributed by atoms with Gasteiger partial charge in [0.25, 0.3) is 5.91 Å². The van der Waals surface area contributed by atoms with Gasteiger partial charge in [-0.15, -0.1) is 11.3 Å². The van der Waals surface area contributed by atoms with Gasteiger partial charge < -0.3 is 11.1 Å². The van der Waals surface area contributed by atoms with Crippen molar-refractivity contribution in [3.05, 3.63) is 22.7 Å². The average Bonchev–Trinajstić information content (AvgIpc) is 2.66. The molecule has 0 fully saturated rings. The van der Waals surface area contributed by atoms with Gasteiger partial charge in [-0.25, -0.2) is 18.5 Å². The number of nitrogen functional groups attached to an aromatic ring is 1. The second-order valence-electron chi connectivity index (χ2n) is 4.28. The zero-order valence-electron chi connectivity index (χ0n) is 10.7. The van der Waals surface area contributed by atoms with Crippen LogP contribution in [-0.4, -0.2) is 31.6 Å². The summed E-state index contributed by atoms with van der Waals surface area (Å²) in [6, 6.07) is 1.81. The number of hydrogen-bond acceptors (Lipinski definition) is 6. The first-order valence-corrected chi connectivity index (χ1v) is 8.25. The van der Waals surface area contributed by atoms with Gasteiger partial charge in [-0.05, 0) is 18.6 Å². The summed E-state index contributed by atoms with van der Waals surface area (Å²) in [6.45, 7) is 1.83. The fourth-order valence-corrected chi connectivity index (χ4v) is 3.20. The monoisotopic (exact) mass is 314 g/mol. The maximum Gasteiger partial charge on any atom is 0.263 e. The van der Waals surface area contributed by atoms with Crippen molar-refractivity contribution in [2.24, 2.45) is 5.14 Å². The molecule has 0 saturated carbocycles. The molecule has 0 unspecified atom stereocenters. The molecule has 2 heterocycles. The van der Waals surface area contributed by atoms with Crippen LogP contribution in [0.4, 0.5) is 5.69 Å². The van der Waals surface area contributed by atoms with E-state index >= 15 is 0 Å². The molecule has 0 aliphatic rings. The van der Waals surface area contributed by atoms with E-state index in [0.29, 0.717) is 15.4 Å². The number of aryl methyl sites for hydroxylation is 1. The zero-order chi connectivity index (χ0) is 14.9. The van der Waals surface area contributed by atoms with E-state index in [9.17, 15) is 13.2 Å². The van der Waals surface area contributed by atoms with E-state index in [0.717, 1.165) is 10.9 Å². The molecule has 0 saturated heterocycles. The molecule has 0 aromatic carbocycles. The Balaban J connectivity index is 2.23.